The molecule has 0 heterocycles. The van der Waals surface area contributed by atoms with E-state index < -0.39 is 11.7 Å². The van der Waals surface area contributed by atoms with Gasteiger partial charge in [0.1, 0.15) is 0 Å². The highest BCUT2D eigenvalue weighted by Gasteiger charge is 2.32. The summed E-state index contributed by atoms with van der Waals surface area (Å²) in [5, 5.41) is 0. The second-order valence-electron chi connectivity index (χ2n) is 5.18. The van der Waals surface area contributed by atoms with Gasteiger partial charge in [-0.3, -0.25) is 4.79 Å². The van der Waals surface area contributed by atoms with E-state index in [9.17, 15) is 18.0 Å². The smallest absolute Gasteiger partial charge is 0.383 e. The summed E-state index contributed by atoms with van der Waals surface area (Å²) in [6, 6.07) is 5.09. The number of Topliss-reactive ketones (excluding diaryl/α,β-unsaturated/α-hetero) is 1. The van der Waals surface area contributed by atoms with Crippen LogP contribution in [0.4, 0.5) is 13.2 Å². The van der Waals surface area contributed by atoms with Crippen molar-refractivity contribution in [1.29, 1.82) is 0 Å². The lowest BCUT2D eigenvalue weighted by Gasteiger charge is -2.15. The summed E-state index contributed by atoms with van der Waals surface area (Å²) < 4.78 is 37.6. The lowest BCUT2D eigenvalue weighted by atomic mass is 9.93. The minimum absolute atomic E-state index is 0.0728. The maximum atomic E-state index is 12.5. The van der Waals surface area contributed by atoms with E-state index in [1.165, 1.54) is 12.1 Å². The lowest BCUT2D eigenvalue weighted by Crippen LogP contribution is -2.09. The normalized spacial score (nSPS) is 21.6. The second kappa shape index (κ2) is 5.31. The third-order valence-corrected chi connectivity index (χ3v) is 3.40. The summed E-state index contributed by atoms with van der Waals surface area (Å²) >= 11 is 0. The van der Waals surface area contributed by atoms with E-state index in [4.69, 9.17) is 0 Å². The monoisotopic (exact) mass is 283 g/mol. The number of allylic oxidation sites excluding steroid dienone is 1. The Balaban J connectivity index is 2.29. The molecule has 0 unspecified atom stereocenters. The van der Waals surface area contributed by atoms with Crippen LogP contribution in [0.15, 0.2) is 36.0 Å². The number of halogens is 3. The van der Waals surface area contributed by atoms with Crippen molar-refractivity contribution in [3.8, 4) is 0 Å². The number of alkyl halides is 3. The average molecular weight is 283 g/mol. The molecular weight excluding hydrogens is 267 g/mol. The van der Waals surface area contributed by atoms with Gasteiger partial charge in [-0.1, -0.05) is 12.1 Å². The van der Waals surface area contributed by atoms with Crippen molar-refractivity contribution in [2.45, 2.75) is 24.9 Å². The number of hydrogen-bond donors (Lipinski definition) is 0. The Bertz CT molecular complexity index is 529. The standard InChI is InChI=1S/C15H16F3NO/c1-19(2)9-13-12(7-8-14(13)20)10-3-5-11(6-4-10)15(16,17)18/h3-6,9,12H,7-8H2,1-2H3/b13-9-/t12-/m0/s1. The van der Waals surface area contributed by atoms with Gasteiger partial charge in [0.15, 0.2) is 5.78 Å². The summed E-state index contributed by atoms with van der Waals surface area (Å²) in [6.07, 6.45) is -1.46. The third kappa shape index (κ3) is 3.03. The van der Waals surface area contributed by atoms with E-state index in [1.54, 1.807) is 11.1 Å². The predicted molar refractivity (Wildman–Crippen MR) is 70.2 cm³/mol. The van der Waals surface area contributed by atoms with E-state index in [2.05, 4.69) is 0 Å². The number of carbonyl (C=O) groups is 1. The molecule has 0 N–H and O–H groups in total. The molecule has 1 fully saturated rings. The largest absolute Gasteiger partial charge is 0.416 e. The van der Waals surface area contributed by atoms with Crippen LogP contribution in [-0.4, -0.2) is 24.8 Å². The van der Waals surface area contributed by atoms with Gasteiger partial charge in [-0.2, -0.15) is 13.2 Å². The van der Waals surface area contributed by atoms with Crippen LogP contribution >= 0.6 is 0 Å². The zero-order chi connectivity index (χ0) is 14.9. The first-order valence-electron chi connectivity index (χ1n) is 6.37. The maximum absolute atomic E-state index is 12.5. The van der Waals surface area contributed by atoms with Crippen LogP contribution < -0.4 is 0 Å². The number of benzene rings is 1. The Morgan fingerprint density at radius 1 is 1.20 bits per heavy atom. The van der Waals surface area contributed by atoms with Gasteiger partial charge in [-0.15, -0.1) is 0 Å². The third-order valence-electron chi connectivity index (χ3n) is 3.40. The molecule has 0 spiro atoms. The molecule has 0 amide bonds. The number of carbonyl (C=O) groups excluding carboxylic acids is 1. The minimum Gasteiger partial charge on any atom is -0.383 e. The van der Waals surface area contributed by atoms with E-state index in [-0.39, 0.29) is 11.7 Å². The summed E-state index contributed by atoms with van der Waals surface area (Å²) in [4.78, 5) is 13.6. The molecule has 1 aliphatic rings. The molecule has 2 rings (SSSR count). The van der Waals surface area contributed by atoms with Crippen LogP contribution in [0.2, 0.25) is 0 Å². The van der Waals surface area contributed by atoms with E-state index in [0.29, 0.717) is 18.4 Å². The molecule has 1 atom stereocenters. The Labute approximate surface area is 115 Å². The Kier molecular flexibility index (Phi) is 3.88. The topological polar surface area (TPSA) is 20.3 Å². The summed E-state index contributed by atoms with van der Waals surface area (Å²) in [5.74, 6) is -0.0317. The van der Waals surface area contributed by atoms with Crippen LogP contribution in [0.1, 0.15) is 29.9 Å². The molecule has 108 valence electrons. The molecular formula is C15H16F3NO. The second-order valence-corrected chi connectivity index (χ2v) is 5.18. The van der Waals surface area contributed by atoms with Crippen LogP contribution in [0.3, 0.4) is 0 Å². The molecule has 2 nitrogen and oxygen atoms in total. The van der Waals surface area contributed by atoms with Crippen LogP contribution in [0, 0.1) is 0 Å². The lowest BCUT2D eigenvalue weighted by molar-refractivity contribution is -0.137. The van der Waals surface area contributed by atoms with Crippen LogP contribution in [-0.2, 0) is 11.0 Å². The number of hydrogen-bond acceptors (Lipinski definition) is 2. The first-order valence-corrected chi connectivity index (χ1v) is 6.37. The maximum Gasteiger partial charge on any atom is 0.416 e. The van der Waals surface area contributed by atoms with Gasteiger partial charge in [0.2, 0.25) is 0 Å². The highest BCUT2D eigenvalue weighted by Crippen LogP contribution is 2.38. The van der Waals surface area contributed by atoms with Crippen molar-refractivity contribution in [3.63, 3.8) is 0 Å². The number of nitrogens with zero attached hydrogens (tertiary/aromatic N) is 1. The quantitative estimate of drug-likeness (QED) is 0.773. The zero-order valence-corrected chi connectivity index (χ0v) is 11.4. The summed E-state index contributed by atoms with van der Waals surface area (Å²) in [5.41, 5.74) is 0.774. The highest BCUT2D eigenvalue weighted by molar-refractivity contribution is 5.99. The number of ketones is 1. The van der Waals surface area contributed by atoms with E-state index in [0.717, 1.165) is 17.7 Å². The van der Waals surface area contributed by atoms with Gasteiger partial charge in [0.05, 0.1) is 5.56 Å². The molecule has 20 heavy (non-hydrogen) atoms. The molecule has 1 aromatic rings. The molecule has 0 bridgehead atoms. The van der Waals surface area contributed by atoms with Crippen LogP contribution in [0.5, 0.6) is 0 Å². The van der Waals surface area contributed by atoms with E-state index in [1.807, 2.05) is 14.1 Å². The zero-order valence-electron chi connectivity index (χ0n) is 11.4. The van der Waals surface area contributed by atoms with Gasteiger partial charge in [0.25, 0.3) is 0 Å². The molecule has 1 aromatic carbocycles. The van der Waals surface area contributed by atoms with Crippen molar-refractivity contribution in [2.24, 2.45) is 0 Å². The SMILES string of the molecule is CN(C)/C=C1\C(=O)CC[C@H]1c1ccc(C(F)(F)F)cc1. The fraction of sp³-hybridized carbons (Fsp3) is 0.400. The fourth-order valence-electron chi connectivity index (χ4n) is 2.46. The molecule has 0 radical (unpaired) electrons. The molecule has 1 saturated carbocycles. The molecule has 0 saturated heterocycles. The van der Waals surface area contributed by atoms with Crippen LogP contribution in [0.25, 0.3) is 0 Å². The first kappa shape index (κ1) is 14.6. The molecule has 1 aliphatic carbocycles. The van der Waals surface area contributed by atoms with Crippen molar-refractivity contribution in [3.05, 3.63) is 47.2 Å². The van der Waals surface area contributed by atoms with Gasteiger partial charge in [-0.25, -0.2) is 0 Å². The minimum atomic E-state index is -4.33. The molecule has 5 heteroatoms. The highest BCUT2D eigenvalue weighted by atomic mass is 19.4. The van der Waals surface area contributed by atoms with Gasteiger partial charge in [-0.05, 0) is 24.1 Å². The van der Waals surface area contributed by atoms with Crippen molar-refractivity contribution >= 4 is 5.78 Å². The summed E-state index contributed by atoms with van der Waals surface area (Å²) in [6.45, 7) is 0. The molecule has 0 aliphatic heterocycles. The van der Waals surface area contributed by atoms with Crippen molar-refractivity contribution in [2.75, 3.05) is 14.1 Å². The van der Waals surface area contributed by atoms with Crippen molar-refractivity contribution < 1.29 is 18.0 Å². The fourth-order valence-corrected chi connectivity index (χ4v) is 2.46. The number of rotatable bonds is 2. The van der Waals surface area contributed by atoms with Gasteiger partial charge in [0, 0.05) is 38.2 Å². The Morgan fingerprint density at radius 3 is 2.30 bits per heavy atom. The molecule has 0 aromatic heterocycles. The van der Waals surface area contributed by atoms with Gasteiger partial charge < -0.3 is 4.90 Å². The van der Waals surface area contributed by atoms with E-state index >= 15 is 0 Å². The average Bonchev–Trinajstić information content (AvgIpc) is 2.70. The first-order chi connectivity index (χ1) is 9.29. The van der Waals surface area contributed by atoms with Crippen molar-refractivity contribution in [1.82, 2.24) is 4.90 Å². The summed E-state index contributed by atoms with van der Waals surface area (Å²) in [7, 11) is 3.64. The Morgan fingerprint density at radius 2 is 1.80 bits per heavy atom. The predicted octanol–water partition coefficient (Wildman–Crippen LogP) is 3.60. The van der Waals surface area contributed by atoms with Gasteiger partial charge >= 0.3 is 6.18 Å². The Hall–Kier alpha value is -1.78.